The second-order valence-electron chi connectivity index (χ2n) is 7.02. The predicted octanol–water partition coefficient (Wildman–Crippen LogP) is 1.61. The summed E-state index contributed by atoms with van der Waals surface area (Å²) >= 11 is 0. The second kappa shape index (κ2) is 15.5. The standard InChI is InChI=1S/C20H35N5O3.HI/c1-3-9-21-19(26)16-25-12-7-17(8-13-25)24-20(23-11-15-27-2)22-10-6-18-5-4-14-28-18;/h4-5,14,17H,3,6-13,15-16H2,1-2H3,(H,21,26)(H2,22,23,24);1H. The van der Waals surface area contributed by atoms with E-state index < -0.39 is 0 Å². The normalized spacial score (nSPS) is 15.6. The Morgan fingerprint density at radius 3 is 2.76 bits per heavy atom. The number of piperidine rings is 1. The van der Waals surface area contributed by atoms with Crippen LogP contribution in [0.4, 0.5) is 0 Å². The number of rotatable bonds is 11. The Morgan fingerprint density at radius 2 is 2.10 bits per heavy atom. The number of hydrogen-bond donors (Lipinski definition) is 3. The molecule has 1 fully saturated rings. The number of amides is 1. The molecule has 0 aromatic carbocycles. The first-order valence-electron chi connectivity index (χ1n) is 10.3. The number of furan rings is 1. The van der Waals surface area contributed by atoms with Crippen LogP contribution in [0, 0.1) is 0 Å². The molecule has 1 aliphatic rings. The molecule has 0 aliphatic carbocycles. The summed E-state index contributed by atoms with van der Waals surface area (Å²) in [7, 11) is 1.68. The first-order chi connectivity index (χ1) is 13.7. The Morgan fingerprint density at radius 1 is 1.31 bits per heavy atom. The van der Waals surface area contributed by atoms with Gasteiger partial charge in [-0.15, -0.1) is 24.0 Å². The van der Waals surface area contributed by atoms with Crippen LogP contribution in [0.3, 0.4) is 0 Å². The third-order valence-electron chi connectivity index (χ3n) is 4.68. The average Bonchev–Trinajstić information content (AvgIpc) is 3.21. The highest BCUT2D eigenvalue weighted by Crippen LogP contribution is 2.10. The van der Waals surface area contributed by atoms with Crippen molar-refractivity contribution in [3.05, 3.63) is 24.2 Å². The Kier molecular flexibility index (Phi) is 13.7. The van der Waals surface area contributed by atoms with Gasteiger partial charge in [-0.3, -0.25) is 14.7 Å². The van der Waals surface area contributed by atoms with Gasteiger partial charge in [-0.1, -0.05) is 6.92 Å². The number of carbonyl (C=O) groups excluding carboxylic acids is 1. The van der Waals surface area contributed by atoms with Crippen molar-refractivity contribution in [1.29, 1.82) is 0 Å². The van der Waals surface area contributed by atoms with E-state index in [1.165, 1.54) is 0 Å². The third kappa shape index (κ3) is 10.9. The molecule has 0 radical (unpaired) electrons. The highest BCUT2D eigenvalue weighted by atomic mass is 127. The summed E-state index contributed by atoms with van der Waals surface area (Å²) in [5, 5.41) is 9.85. The van der Waals surface area contributed by atoms with Crippen molar-refractivity contribution in [1.82, 2.24) is 20.9 Å². The van der Waals surface area contributed by atoms with Gasteiger partial charge in [0, 0.05) is 45.8 Å². The molecule has 166 valence electrons. The van der Waals surface area contributed by atoms with E-state index in [9.17, 15) is 4.79 Å². The smallest absolute Gasteiger partial charge is 0.234 e. The molecule has 1 amide bonds. The minimum Gasteiger partial charge on any atom is -0.469 e. The fraction of sp³-hybridized carbons (Fsp3) is 0.700. The van der Waals surface area contributed by atoms with Gasteiger partial charge >= 0.3 is 0 Å². The topological polar surface area (TPSA) is 91.1 Å². The molecular weight excluding hydrogens is 485 g/mol. The van der Waals surface area contributed by atoms with Crippen molar-refractivity contribution in [2.24, 2.45) is 4.99 Å². The Hall–Kier alpha value is -1.33. The van der Waals surface area contributed by atoms with Crippen LogP contribution in [0.1, 0.15) is 31.9 Å². The molecule has 0 spiro atoms. The molecule has 0 bridgehead atoms. The van der Waals surface area contributed by atoms with Gasteiger partial charge in [0.15, 0.2) is 5.96 Å². The number of nitrogens with one attached hydrogen (secondary N) is 3. The molecule has 8 nitrogen and oxygen atoms in total. The van der Waals surface area contributed by atoms with E-state index in [2.05, 4.69) is 32.8 Å². The number of halogens is 1. The van der Waals surface area contributed by atoms with Gasteiger partial charge in [0.05, 0.1) is 26.0 Å². The van der Waals surface area contributed by atoms with E-state index in [1.54, 1.807) is 13.4 Å². The number of methoxy groups -OCH3 is 1. The lowest BCUT2D eigenvalue weighted by molar-refractivity contribution is -0.122. The van der Waals surface area contributed by atoms with E-state index in [1.807, 2.05) is 12.1 Å². The molecule has 2 heterocycles. The van der Waals surface area contributed by atoms with Crippen LogP contribution in [-0.4, -0.2) is 75.8 Å². The Balaban J connectivity index is 0.00000420. The van der Waals surface area contributed by atoms with E-state index in [4.69, 9.17) is 9.15 Å². The molecule has 0 atom stereocenters. The van der Waals surface area contributed by atoms with Gasteiger partial charge in [0.1, 0.15) is 5.76 Å². The van der Waals surface area contributed by atoms with Gasteiger partial charge in [0.2, 0.25) is 5.91 Å². The Bertz CT molecular complexity index is 575. The van der Waals surface area contributed by atoms with Crippen LogP contribution in [0.25, 0.3) is 0 Å². The lowest BCUT2D eigenvalue weighted by atomic mass is 10.1. The van der Waals surface area contributed by atoms with Crippen molar-refractivity contribution in [3.8, 4) is 0 Å². The van der Waals surface area contributed by atoms with E-state index >= 15 is 0 Å². The summed E-state index contributed by atoms with van der Waals surface area (Å²) in [4.78, 5) is 18.7. The number of guanidine groups is 1. The summed E-state index contributed by atoms with van der Waals surface area (Å²) in [5.41, 5.74) is 0. The number of hydrogen-bond acceptors (Lipinski definition) is 5. The second-order valence-corrected chi connectivity index (χ2v) is 7.02. The molecule has 1 saturated heterocycles. The molecule has 0 saturated carbocycles. The molecule has 29 heavy (non-hydrogen) atoms. The molecule has 1 aromatic heterocycles. The number of likely N-dealkylation sites (tertiary alicyclic amines) is 1. The largest absolute Gasteiger partial charge is 0.469 e. The SMILES string of the molecule is CCCNC(=O)CN1CCC(NC(=NCCOC)NCCc2ccco2)CC1.I. The molecule has 0 unspecified atom stereocenters. The van der Waals surface area contributed by atoms with Crippen LogP contribution in [0.15, 0.2) is 27.8 Å². The van der Waals surface area contributed by atoms with Crippen molar-refractivity contribution < 1.29 is 13.9 Å². The van der Waals surface area contributed by atoms with E-state index in [0.29, 0.717) is 25.7 Å². The monoisotopic (exact) mass is 521 g/mol. The zero-order chi connectivity index (χ0) is 20.0. The summed E-state index contributed by atoms with van der Waals surface area (Å²) in [6.45, 7) is 7.09. The Labute approximate surface area is 191 Å². The maximum absolute atomic E-state index is 11.9. The lowest BCUT2D eigenvalue weighted by Crippen LogP contribution is -2.50. The van der Waals surface area contributed by atoms with Gasteiger partial charge in [-0.05, 0) is 31.4 Å². The van der Waals surface area contributed by atoms with Crippen LogP contribution in [0.2, 0.25) is 0 Å². The third-order valence-corrected chi connectivity index (χ3v) is 4.68. The van der Waals surface area contributed by atoms with Crippen molar-refractivity contribution in [2.45, 2.75) is 38.6 Å². The number of carbonyl (C=O) groups is 1. The van der Waals surface area contributed by atoms with Crippen molar-refractivity contribution >= 4 is 35.8 Å². The zero-order valence-corrected chi connectivity index (χ0v) is 19.9. The number of aliphatic imine (C=N–C) groups is 1. The molecule has 9 heteroatoms. The maximum atomic E-state index is 11.9. The summed E-state index contributed by atoms with van der Waals surface area (Å²) < 4.78 is 10.5. The van der Waals surface area contributed by atoms with Crippen molar-refractivity contribution in [3.63, 3.8) is 0 Å². The van der Waals surface area contributed by atoms with Crippen LogP contribution < -0.4 is 16.0 Å². The van der Waals surface area contributed by atoms with Gasteiger partial charge in [-0.2, -0.15) is 0 Å². The first-order valence-corrected chi connectivity index (χ1v) is 10.3. The highest BCUT2D eigenvalue weighted by Gasteiger charge is 2.21. The fourth-order valence-electron chi connectivity index (χ4n) is 3.11. The zero-order valence-electron chi connectivity index (χ0n) is 17.6. The fourth-order valence-corrected chi connectivity index (χ4v) is 3.11. The average molecular weight is 521 g/mol. The number of ether oxygens (including phenoxy) is 1. The highest BCUT2D eigenvalue weighted by molar-refractivity contribution is 14.0. The summed E-state index contributed by atoms with van der Waals surface area (Å²) in [6, 6.07) is 4.23. The molecule has 2 rings (SSSR count). The first kappa shape index (κ1) is 25.7. The maximum Gasteiger partial charge on any atom is 0.234 e. The quantitative estimate of drug-likeness (QED) is 0.178. The molecule has 3 N–H and O–H groups in total. The predicted molar refractivity (Wildman–Crippen MR) is 126 cm³/mol. The molecule has 1 aliphatic heterocycles. The molecular formula is C20H36IN5O3. The minimum absolute atomic E-state index is 0. The van der Waals surface area contributed by atoms with Crippen LogP contribution in [-0.2, 0) is 16.0 Å². The lowest BCUT2D eigenvalue weighted by Gasteiger charge is -2.32. The summed E-state index contributed by atoms with van der Waals surface area (Å²) in [6.07, 6.45) is 5.45. The minimum atomic E-state index is 0. The van der Waals surface area contributed by atoms with Crippen molar-refractivity contribution in [2.75, 3.05) is 53.0 Å². The summed E-state index contributed by atoms with van der Waals surface area (Å²) in [5.74, 6) is 1.89. The van der Waals surface area contributed by atoms with E-state index in [-0.39, 0.29) is 29.9 Å². The van der Waals surface area contributed by atoms with Gasteiger partial charge in [-0.25, -0.2) is 0 Å². The van der Waals surface area contributed by atoms with Crippen LogP contribution in [0.5, 0.6) is 0 Å². The molecule has 1 aromatic rings. The van der Waals surface area contributed by atoms with Crippen LogP contribution >= 0.6 is 24.0 Å². The number of nitrogens with zero attached hydrogens (tertiary/aromatic N) is 2. The van der Waals surface area contributed by atoms with E-state index in [0.717, 1.165) is 63.6 Å². The van der Waals surface area contributed by atoms with Gasteiger partial charge in [0.25, 0.3) is 0 Å². The van der Waals surface area contributed by atoms with Gasteiger partial charge < -0.3 is 25.1 Å².